The SMILES string of the molecule is CN(CC(=O)NC(C)(C)C)C(=O)COC(=O)CCNS(=O)(=O)c1cccc(Cl)c1. The molecule has 0 radical (unpaired) electrons. The van der Waals surface area contributed by atoms with Crippen molar-refractivity contribution in [2.45, 2.75) is 37.6 Å². The molecule has 1 rings (SSSR count). The highest BCUT2D eigenvalue weighted by atomic mass is 35.5. The average Bonchev–Trinajstić information content (AvgIpc) is 2.57. The van der Waals surface area contributed by atoms with E-state index in [9.17, 15) is 22.8 Å². The maximum atomic E-state index is 12.1. The zero-order valence-corrected chi connectivity index (χ0v) is 18.4. The van der Waals surface area contributed by atoms with Gasteiger partial charge in [-0.15, -0.1) is 0 Å². The van der Waals surface area contributed by atoms with Crippen molar-refractivity contribution in [2.75, 3.05) is 26.7 Å². The third-order valence-corrected chi connectivity index (χ3v) is 5.10. The molecule has 1 aromatic rings. The molecule has 0 bridgehead atoms. The third kappa shape index (κ3) is 9.73. The zero-order chi connectivity index (χ0) is 22.2. The lowest BCUT2D eigenvalue weighted by molar-refractivity contribution is -0.151. The predicted octanol–water partition coefficient (Wildman–Crippen LogP) is 0.925. The van der Waals surface area contributed by atoms with Crippen LogP contribution in [0.15, 0.2) is 29.2 Å². The number of ether oxygens (including phenoxy) is 1. The average molecular weight is 448 g/mol. The van der Waals surface area contributed by atoms with Crippen LogP contribution in [0, 0.1) is 0 Å². The lowest BCUT2D eigenvalue weighted by Gasteiger charge is -2.23. The minimum Gasteiger partial charge on any atom is -0.456 e. The van der Waals surface area contributed by atoms with Crippen molar-refractivity contribution in [2.24, 2.45) is 0 Å². The summed E-state index contributed by atoms with van der Waals surface area (Å²) in [6, 6.07) is 5.69. The Balaban J connectivity index is 2.38. The lowest BCUT2D eigenvalue weighted by Crippen LogP contribution is -2.46. The first-order valence-corrected chi connectivity index (χ1v) is 10.6. The Morgan fingerprint density at radius 3 is 2.45 bits per heavy atom. The summed E-state index contributed by atoms with van der Waals surface area (Å²) < 4.78 is 31.3. The highest BCUT2D eigenvalue weighted by molar-refractivity contribution is 7.89. The molecule has 2 N–H and O–H groups in total. The van der Waals surface area contributed by atoms with E-state index in [1.807, 2.05) is 20.8 Å². The Labute approximate surface area is 175 Å². The zero-order valence-electron chi connectivity index (χ0n) is 16.8. The van der Waals surface area contributed by atoms with E-state index < -0.39 is 34.0 Å². The second kappa shape index (κ2) is 10.6. The molecule has 0 aliphatic heterocycles. The summed E-state index contributed by atoms with van der Waals surface area (Å²) in [5, 5.41) is 2.98. The van der Waals surface area contributed by atoms with Crippen molar-refractivity contribution in [3.05, 3.63) is 29.3 Å². The number of amides is 2. The van der Waals surface area contributed by atoms with Crippen molar-refractivity contribution in [3.8, 4) is 0 Å². The molecule has 1 aromatic carbocycles. The second-order valence-corrected chi connectivity index (χ2v) is 9.52. The van der Waals surface area contributed by atoms with Crippen LogP contribution in [0.2, 0.25) is 5.02 Å². The van der Waals surface area contributed by atoms with Gasteiger partial charge in [-0.05, 0) is 39.0 Å². The van der Waals surface area contributed by atoms with Gasteiger partial charge < -0.3 is 15.0 Å². The summed E-state index contributed by atoms with van der Waals surface area (Å²) in [4.78, 5) is 36.6. The number of likely N-dealkylation sites (N-methyl/N-ethyl adjacent to an activating group) is 1. The molecule has 2 amide bonds. The Hall–Kier alpha value is -2.17. The Bertz CT molecular complexity index is 851. The first-order chi connectivity index (χ1) is 13.3. The normalized spacial score (nSPS) is 11.6. The molecule has 0 fully saturated rings. The van der Waals surface area contributed by atoms with Crippen molar-refractivity contribution < 1.29 is 27.5 Å². The number of carbonyl (C=O) groups excluding carboxylic acids is 3. The van der Waals surface area contributed by atoms with Crippen LogP contribution in [0.3, 0.4) is 0 Å². The van der Waals surface area contributed by atoms with Crippen LogP contribution in [-0.4, -0.2) is 63.4 Å². The maximum Gasteiger partial charge on any atom is 0.307 e. The summed E-state index contributed by atoms with van der Waals surface area (Å²) in [5.74, 6) is -1.64. The van der Waals surface area contributed by atoms with E-state index >= 15 is 0 Å². The number of nitrogens with zero attached hydrogens (tertiary/aromatic N) is 1. The highest BCUT2D eigenvalue weighted by Gasteiger charge is 2.19. The van der Waals surface area contributed by atoms with E-state index in [1.54, 1.807) is 6.07 Å². The van der Waals surface area contributed by atoms with Gasteiger partial charge in [-0.2, -0.15) is 0 Å². The first kappa shape index (κ1) is 24.9. The van der Waals surface area contributed by atoms with Gasteiger partial charge in [0, 0.05) is 24.2 Å². The number of esters is 1. The van der Waals surface area contributed by atoms with Gasteiger partial charge in [-0.1, -0.05) is 17.7 Å². The van der Waals surface area contributed by atoms with Crippen molar-refractivity contribution in [1.29, 1.82) is 0 Å². The van der Waals surface area contributed by atoms with Crippen LogP contribution in [0.5, 0.6) is 0 Å². The van der Waals surface area contributed by atoms with Crippen LogP contribution < -0.4 is 10.0 Å². The summed E-state index contributed by atoms with van der Waals surface area (Å²) in [5.41, 5.74) is -0.425. The Kier molecular flexibility index (Phi) is 9.06. The van der Waals surface area contributed by atoms with E-state index in [4.69, 9.17) is 16.3 Å². The Morgan fingerprint density at radius 2 is 1.86 bits per heavy atom. The van der Waals surface area contributed by atoms with Crippen molar-refractivity contribution in [3.63, 3.8) is 0 Å². The Morgan fingerprint density at radius 1 is 1.21 bits per heavy atom. The fourth-order valence-electron chi connectivity index (χ4n) is 2.09. The van der Waals surface area contributed by atoms with Gasteiger partial charge in [-0.3, -0.25) is 14.4 Å². The lowest BCUT2D eigenvalue weighted by atomic mass is 10.1. The summed E-state index contributed by atoms with van der Waals surface area (Å²) in [7, 11) is -2.40. The topological polar surface area (TPSA) is 122 Å². The molecule has 29 heavy (non-hydrogen) atoms. The van der Waals surface area contributed by atoms with Crippen LogP contribution in [0.1, 0.15) is 27.2 Å². The maximum absolute atomic E-state index is 12.1. The smallest absolute Gasteiger partial charge is 0.307 e. The fraction of sp³-hybridized carbons (Fsp3) is 0.500. The number of nitrogens with one attached hydrogen (secondary N) is 2. The largest absolute Gasteiger partial charge is 0.456 e. The second-order valence-electron chi connectivity index (χ2n) is 7.31. The van der Waals surface area contributed by atoms with Gasteiger partial charge >= 0.3 is 5.97 Å². The molecule has 0 saturated carbocycles. The quantitative estimate of drug-likeness (QED) is 0.543. The molecule has 9 nitrogen and oxygen atoms in total. The first-order valence-electron chi connectivity index (χ1n) is 8.76. The number of carbonyl (C=O) groups is 3. The number of hydrogen-bond donors (Lipinski definition) is 2. The van der Waals surface area contributed by atoms with Gasteiger partial charge in [0.1, 0.15) is 0 Å². The van der Waals surface area contributed by atoms with Crippen LogP contribution in [0.4, 0.5) is 0 Å². The van der Waals surface area contributed by atoms with Crippen molar-refractivity contribution in [1.82, 2.24) is 14.9 Å². The minimum absolute atomic E-state index is 0.0243. The number of rotatable bonds is 9. The van der Waals surface area contributed by atoms with Gasteiger partial charge in [0.2, 0.25) is 15.9 Å². The van der Waals surface area contributed by atoms with Crippen LogP contribution >= 0.6 is 11.6 Å². The standard InChI is InChI=1S/C18H26ClN3O6S/c1-18(2,3)21-15(23)11-22(4)16(24)12-28-17(25)8-9-20-29(26,27)14-7-5-6-13(19)10-14/h5-7,10,20H,8-9,11-12H2,1-4H3,(H,21,23). The van der Waals surface area contributed by atoms with Crippen LogP contribution in [0.25, 0.3) is 0 Å². The monoisotopic (exact) mass is 447 g/mol. The van der Waals surface area contributed by atoms with E-state index in [-0.39, 0.29) is 35.3 Å². The van der Waals surface area contributed by atoms with Gasteiger partial charge in [0.25, 0.3) is 5.91 Å². The number of halogens is 1. The number of hydrogen-bond acceptors (Lipinski definition) is 6. The van der Waals surface area contributed by atoms with Crippen molar-refractivity contribution >= 4 is 39.4 Å². The molecule has 11 heteroatoms. The van der Waals surface area contributed by atoms with E-state index in [1.165, 1.54) is 25.2 Å². The van der Waals surface area contributed by atoms with E-state index in [0.717, 1.165) is 4.90 Å². The van der Waals surface area contributed by atoms with E-state index in [0.29, 0.717) is 0 Å². The summed E-state index contributed by atoms with van der Waals surface area (Å²) >= 11 is 5.77. The molecule has 0 unspecified atom stereocenters. The number of benzene rings is 1. The van der Waals surface area contributed by atoms with E-state index in [2.05, 4.69) is 10.0 Å². The van der Waals surface area contributed by atoms with Gasteiger partial charge in [0.15, 0.2) is 6.61 Å². The fourth-order valence-corrected chi connectivity index (χ4v) is 3.42. The molecule has 0 saturated heterocycles. The van der Waals surface area contributed by atoms with Gasteiger partial charge in [0.05, 0.1) is 17.9 Å². The van der Waals surface area contributed by atoms with Gasteiger partial charge in [-0.25, -0.2) is 13.1 Å². The highest BCUT2D eigenvalue weighted by Crippen LogP contribution is 2.15. The molecule has 0 aromatic heterocycles. The number of sulfonamides is 1. The third-order valence-electron chi connectivity index (χ3n) is 3.41. The molecule has 0 atom stereocenters. The summed E-state index contributed by atoms with van der Waals surface area (Å²) in [6.45, 7) is 4.53. The molecular weight excluding hydrogens is 422 g/mol. The molecule has 0 heterocycles. The summed E-state index contributed by atoms with van der Waals surface area (Å²) in [6.07, 6.45) is -0.263. The predicted molar refractivity (Wildman–Crippen MR) is 108 cm³/mol. The molecule has 0 spiro atoms. The minimum atomic E-state index is -3.81. The molecular formula is C18H26ClN3O6S. The van der Waals surface area contributed by atoms with Crippen LogP contribution in [-0.2, 0) is 29.1 Å². The molecule has 0 aliphatic carbocycles. The molecule has 0 aliphatic rings. The molecule has 162 valence electrons.